The van der Waals surface area contributed by atoms with Crippen LogP contribution in [0.3, 0.4) is 0 Å². The third-order valence-corrected chi connectivity index (χ3v) is 5.39. The predicted molar refractivity (Wildman–Crippen MR) is 83.0 cm³/mol. The lowest BCUT2D eigenvalue weighted by Crippen LogP contribution is -2.42. The number of hydrogen-bond donors (Lipinski definition) is 0. The van der Waals surface area contributed by atoms with E-state index in [-0.39, 0.29) is 0 Å². The van der Waals surface area contributed by atoms with Gasteiger partial charge in [0.1, 0.15) is 11.6 Å². The summed E-state index contributed by atoms with van der Waals surface area (Å²) in [5.41, 5.74) is 0. The van der Waals surface area contributed by atoms with Crippen molar-refractivity contribution in [1.82, 2.24) is 19.7 Å². The number of allylic oxidation sites excluding steroid dienone is 1. The van der Waals surface area contributed by atoms with Crippen molar-refractivity contribution in [3.05, 3.63) is 23.8 Å². The summed E-state index contributed by atoms with van der Waals surface area (Å²) in [5, 5.41) is 9.09. The molecule has 1 aromatic rings. The molecule has 1 aromatic heterocycles. The Morgan fingerprint density at radius 3 is 2.81 bits per heavy atom. The lowest BCUT2D eigenvalue weighted by atomic mass is 9.94. The Bertz CT molecular complexity index is 519. The maximum Gasteiger partial charge on any atom is 0.150 e. The minimum absolute atomic E-state index is 0.492. The smallest absolute Gasteiger partial charge is 0.150 e. The van der Waals surface area contributed by atoms with Crippen LogP contribution in [0.2, 0.25) is 0 Å². The first kappa shape index (κ1) is 13.5. The summed E-state index contributed by atoms with van der Waals surface area (Å²) in [7, 11) is 0. The molecule has 1 aliphatic carbocycles. The van der Waals surface area contributed by atoms with Crippen molar-refractivity contribution in [2.75, 3.05) is 6.54 Å². The third-order valence-electron chi connectivity index (χ3n) is 5.39. The molecule has 2 atom stereocenters. The van der Waals surface area contributed by atoms with Gasteiger partial charge in [-0.2, -0.15) is 0 Å². The van der Waals surface area contributed by atoms with Gasteiger partial charge in [0, 0.05) is 19.0 Å². The first-order chi connectivity index (χ1) is 10.4. The van der Waals surface area contributed by atoms with Crippen LogP contribution in [0.25, 0.3) is 0 Å². The number of fused-ring (bicyclic) bond motifs is 1. The molecule has 3 heterocycles. The fraction of sp³-hybridized carbons (Fsp3) is 0.765. The molecule has 4 heteroatoms. The average molecular weight is 286 g/mol. The van der Waals surface area contributed by atoms with Crippen LogP contribution in [-0.2, 0) is 13.0 Å². The van der Waals surface area contributed by atoms with Crippen LogP contribution >= 0.6 is 0 Å². The number of rotatable bonds is 2. The maximum absolute atomic E-state index is 4.61. The highest BCUT2D eigenvalue weighted by Crippen LogP contribution is 2.35. The Labute approximate surface area is 127 Å². The van der Waals surface area contributed by atoms with Crippen molar-refractivity contribution in [3.8, 4) is 0 Å². The summed E-state index contributed by atoms with van der Waals surface area (Å²) in [6, 6.07) is 1.12. The van der Waals surface area contributed by atoms with Gasteiger partial charge in [-0.25, -0.2) is 0 Å². The zero-order chi connectivity index (χ0) is 14.1. The van der Waals surface area contributed by atoms with E-state index in [0.717, 1.165) is 13.0 Å². The molecule has 0 unspecified atom stereocenters. The van der Waals surface area contributed by atoms with Gasteiger partial charge in [0.25, 0.3) is 0 Å². The van der Waals surface area contributed by atoms with E-state index in [9.17, 15) is 0 Å². The topological polar surface area (TPSA) is 34.0 Å². The summed E-state index contributed by atoms with van der Waals surface area (Å²) in [4.78, 5) is 2.71. The van der Waals surface area contributed by atoms with Crippen LogP contribution < -0.4 is 0 Å². The van der Waals surface area contributed by atoms with Crippen molar-refractivity contribution in [2.24, 2.45) is 0 Å². The molecule has 0 saturated carbocycles. The lowest BCUT2D eigenvalue weighted by molar-refractivity contribution is 0.0997. The minimum atomic E-state index is 0.492. The van der Waals surface area contributed by atoms with Gasteiger partial charge in [0.15, 0.2) is 0 Å². The highest BCUT2D eigenvalue weighted by Gasteiger charge is 2.33. The fourth-order valence-electron chi connectivity index (χ4n) is 4.28. The number of aromatic nitrogens is 3. The van der Waals surface area contributed by atoms with Crippen molar-refractivity contribution < 1.29 is 0 Å². The summed E-state index contributed by atoms with van der Waals surface area (Å²) < 4.78 is 2.43. The average Bonchev–Trinajstić information content (AvgIpc) is 3.00. The van der Waals surface area contributed by atoms with Crippen LogP contribution in [0.4, 0.5) is 0 Å². The second-order valence-electron chi connectivity index (χ2n) is 6.76. The third kappa shape index (κ3) is 2.54. The van der Waals surface area contributed by atoms with Gasteiger partial charge in [0.2, 0.25) is 0 Å². The largest absolute Gasteiger partial charge is 0.314 e. The zero-order valence-electron chi connectivity index (χ0n) is 12.9. The van der Waals surface area contributed by atoms with Gasteiger partial charge in [-0.15, -0.1) is 10.2 Å². The molecule has 4 nitrogen and oxygen atoms in total. The van der Waals surface area contributed by atoms with E-state index < -0.39 is 0 Å². The molecule has 21 heavy (non-hydrogen) atoms. The quantitative estimate of drug-likeness (QED) is 0.783. The van der Waals surface area contributed by atoms with Crippen LogP contribution in [0, 0.1) is 0 Å². The van der Waals surface area contributed by atoms with Gasteiger partial charge < -0.3 is 4.57 Å². The summed E-state index contributed by atoms with van der Waals surface area (Å²) >= 11 is 0. The molecule has 0 aromatic carbocycles. The molecule has 4 rings (SSSR count). The van der Waals surface area contributed by atoms with Crippen LogP contribution in [0.5, 0.6) is 0 Å². The first-order valence-corrected chi connectivity index (χ1v) is 8.78. The number of nitrogens with zero attached hydrogens (tertiary/aromatic N) is 4. The van der Waals surface area contributed by atoms with Crippen molar-refractivity contribution in [1.29, 1.82) is 0 Å². The van der Waals surface area contributed by atoms with E-state index in [4.69, 9.17) is 0 Å². The second kappa shape index (κ2) is 5.91. The Morgan fingerprint density at radius 1 is 0.952 bits per heavy atom. The van der Waals surface area contributed by atoms with E-state index in [1.807, 2.05) is 0 Å². The monoisotopic (exact) mass is 286 g/mol. The van der Waals surface area contributed by atoms with Crippen molar-refractivity contribution >= 4 is 0 Å². The summed E-state index contributed by atoms with van der Waals surface area (Å²) in [6.45, 7) is 2.35. The molecule has 0 N–H and O–H groups in total. The maximum atomic E-state index is 4.61. The Morgan fingerprint density at radius 2 is 1.90 bits per heavy atom. The van der Waals surface area contributed by atoms with E-state index in [1.165, 1.54) is 69.6 Å². The Balaban J connectivity index is 1.63. The second-order valence-corrected chi connectivity index (χ2v) is 6.76. The van der Waals surface area contributed by atoms with E-state index in [2.05, 4.69) is 31.8 Å². The number of hydrogen-bond acceptors (Lipinski definition) is 3. The van der Waals surface area contributed by atoms with Gasteiger partial charge in [-0.05, 0) is 51.5 Å². The van der Waals surface area contributed by atoms with Crippen LogP contribution in [0.15, 0.2) is 12.2 Å². The highest BCUT2D eigenvalue weighted by atomic mass is 15.3. The number of likely N-dealkylation sites (tertiary alicyclic amines) is 1. The molecule has 1 saturated heterocycles. The number of aryl methyl sites for hydroxylation is 1. The van der Waals surface area contributed by atoms with E-state index >= 15 is 0 Å². The Kier molecular flexibility index (Phi) is 3.80. The lowest BCUT2D eigenvalue weighted by Gasteiger charge is -2.40. The standard InChI is InChI=1S/C17H26N4/c1-2-8-14(9-3-1)20-12-6-4-10-15(20)17-19-18-16-11-5-7-13-21(16)17/h2,8,14-15H,1,3-7,9-13H2/t14-,15-/m0/s1. The predicted octanol–water partition coefficient (Wildman–Crippen LogP) is 3.25. The van der Waals surface area contributed by atoms with Gasteiger partial charge in [-0.3, -0.25) is 4.90 Å². The molecule has 0 bridgehead atoms. The van der Waals surface area contributed by atoms with E-state index in [1.54, 1.807) is 0 Å². The minimum Gasteiger partial charge on any atom is -0.314 e. The molecule has 0 amide bonds. The van der Waals surface area contributed by atoms with Gasteiger partial charge in [0.05, 0.1) is 6.04 Å². The van der Waals surface area contributed by atoms with Gasteiger partial charge >= 0.3 is 0 Å². The fourth-order valence-corrected chi connectivity index (χ4v) is 4.28. The van der Waals surface area contributed by atoms with Crippen LogP contribution in [0.1, 0.15) is 69.1 Å². The first-order valence-electron chi connectivity index (χ1n) is 8.78. The van der Waals surface area contributed by atoms with Crippen molar-refractivity contribution in [2.45, 2.75) is 76.4 Å². The Hall–Kier alpha value is -1.16. The number of piperidine rings is 1. The molecule has 0 radical (unpaired) electrons. The summed E-state index contributed by atoms with van der Waals surface area (Å²) in [6.07, 6.45) is 16.3. The zero-order valence-corrected chi connectivity index (χ0v) is 12.9. The molecule has 1 fully saturated rings. The normalized spacial score (nSPS) is 30.3. The van der Waals surface area contributed by atoms with E-state index in [0.29, 0.717) is 12.1 Å². The molecule has 114 valence electrons. The van der Waals surface area contributed by atoms with Gasteiger partial charge in [-0.1, -0.05) is 18.6 Å². The molecular weight excluding hydrogens is 260 g/mol. The molecule has 3 aliphatic rings. The summed E-state index contributed by atoms with van der Waals surface area (Å²) in [5.74, 6) is 2.48. The van der Waals surface area contributed by atoms with Crippen molar-refractivity contribution in [3.63, 3.8) is 0 Å². The molecule has 0 spiro atoms. The molecule has 2 aliphatic heterocycles. The van der Waals surface area contributed by atoms with Crippen LogP contribution in [-0.4, -0.2) is 32.3 Å². The highest BCUT2D eigenvalue weighted by molar-refractivity contribution is 5.08. The molecular formula is C17H26N4. The SMILES string of the molecule is C1=C[C@H](N2CCCC[C@H]2c2nnc3n2CCCC3)CCC1.